The van der Waals surface area contributed by atoms with Crippen LogP contribution in [-0.2, 0) is 11.2 Å². The highest BCUT2D eigenvalue weighted by Crippen LogP contribution is 2.16. The third-order valence-electron chi connectivity index (χ3n) is 3.62. The molecule has 0 unspecified atom stereocenters. The first-order chi connectivity index (χ1) is 10.7. The third-order valence-corrected chi connectivity index (χ3v) is 3.62. The number of para-hydroxylation sites is 1. The number of benzene rings is 2. The van der Waals surface area contributed by atoms with Gasteiger partial charge in [-0.15, -0.1) is 0 Å². The SMILES string of the molecule is CCN(C(=O)Cc1ccc2[nH]c(=O)[nH]c2c1)c1ccccc1. The number of imidazole rings is 1. The van der Waals surface area contributed by atoms with Gasteiger partial charge in [0.2, 0.25) is 5.91 Å². The number of hydrogen-bond acceptors (Lipinski definition) is 2. The summed E-state index contributed by atoms with van der Waals surface area (Å²) in [5.41, 5.74) is 3.00. The number of likely N-dealkylation sites (N-methyl/N-ethyl adjacent to an activating group) is 1. The van der Waals surface area contributed by atoms with E-state index in [1.807, 2.05) is 55.5 Å². The number of anilines is 1. The number of hydrogen-bond donors (Lipinski definition) is 2. The number of carbonyl (C=O) groups is 1. The van der Waals surface area contributed by atoms with Crippen LogP contribution < -0.4 is 10.6 Å². The van der Waals surface area contributed by atoms with E-state index in [2.05, 4.69) is 9.97 Å². The standard InChI is InChI=1S/C17H17N3O2/c1-2-20(13-6-4-3-5-7-13)16(21)11-12-8-9-14-15(10-12)19-17(22)18-14/h3-10H,2,11H2,1H3,(H2,18,19,22). The van der Waals surface area contributed by atoms with Crippen LogP contribution in [0.1, 0.15) is 12.5 Å². The summed E-state index contributed by atoms with van der Waals surface area (Å²) in [6.45, 7) is 2.57. The van der Waals surface area contributed by atoms with Crippen molar-refractivity contribution < 1.29 is 4.79 Å². The lowest BCUT2D eigenvalue weighted by atomic mass is 10.1. The summed E-state index contributed by atoms with van der Waals surface area (Å²) in [5, 5.41) is 0. The Morgan fingerprint density at radius 2 is 1.77 bits per heavy atom. The van der Waals surface area contributed by atoms with E-state index in [9.17, 15) is 9.59 Å². The lowest BCUT2D eigenvalue weighted by molar-refractivity contribution is -0.117. The number of rotatable bonds is 4. The van der Waals surface area contributed by atoms with Crippen molar-refractivity contribution in [1.82, 2.24) is 9.97 Å². The highest BCUT2D eigenvalue weighted by atomic mass is 16.2. The predicted molar refractivity (Wildman–Crippen MR) is 87.1 cm³/mol. The fraction of sp³-hybridized carbons (Fsp3) is 0.176. The fourth-order valence-electron chi connectivity index (χ4n) is 2.57. The van der Waals surface area contributed by atoms with Crippen molar-refractivity contribution in [3.05, 3.63) is 64.6 Å². The monoisotopic (exact) mass is 295 g/mol. The summed E-state index contributed by atoms with van der Waals surface area (Å²) in [7, 11) is 0. The first-order valence-corrected chi connectivity index (χ1v) is 7.23. The molecule has 112 valence electrons. The van der Waals surface area contributed by atoms with Gasteiger partial charge in [-0.05, 0) is 36.8 Å². The molecule has 0 spiro atoms. The highest BCUT2D eigenvalue weighted by Gasteiger charge is 2.14. The lowest BCUT2D eigenvalue weighted by Gasteiger charge is -2.21. The average molecular weight is 295 g/mol. The van der Waals surface area contributed by atoms with Crippen molar-refractivity contribution in [2.24, 2.45) is 0 Å². The van der Waals surface area contributed by atoms with Gasteiger partial charge in [0.25, 0.3) is 0 Å². The van der Waals surface area contributed by atoms with Crippen molar-refractivity contribution in [3.63, 3.8) is 0 Å². The van der Waals surface area contributed by atoms with E-state index in [1.165, 1.54) is 0 Å². The zero-order chi connectivity index (χ0) is 15.5. The fourth-order valence-corrected chi connectivity index (χ4v) is 2.57. The Labute approximate surface area is 127 Å². The van der Waals surface area contributed by atoms with Gasteiger partial charge >= 0.3 is 5.69 Å². The maximum Gasteiger partial charge on any atom is 0.323 e. The summed E-state index contributed by atoms with van der Waals surface area (Å²) in [4.78, 5) is 31.0. The van der Waals surface area contributed by atoms with E-state index in [1.54, 1.807) is 4.90 Å². The molecule has 22 heavy (non-hydrogen) atoms. The second-order valence-corrected chi connectivity index (χ2v) is 5.11. The van der Waals surface area contributed by atoms with Crippen LogP contribution in [0, 0.1) is 0 Å². The van der Waals surface area contributed by atoms with E-state index in [0.29, 0.717) is 13.0 Å². The van der Waals surface area contributed by atoms with E-state index < -0.39 is 0 Å². The molecule has 0 fully saturated rings. The van der Waals surface area contributed by atoms with Crippen LogP contribution >= 0.6 is 0 Å². The number of amides is 1. The quantitative estimate of drug-likeness (QED) is 0.776. The Hall–Kier alpha value is -2.82. The van der Waals surface area contributed by atoms with Crippen LogP contribution in [0.25, 0.3) is 11.0 Å². The molecule has 1 heterocycles. The molecular formula is C17H17N3O2. The molecule has 0 radical (unpaired) electrons. The topological polar surface area (TPSA) is 69.0 Å². The van der Waals surface area contributed by atoms with Crippen molar-refractivity contribution in [1.29, 1.82) is 0 Å². The molecule has 0 aliphatic rings. The van der Waals surface area contributed by atoms with E-state index in [4.69, 9.17) is 0 Å². The van der Waals surface area contributed by atoms with Crippen LogP contribution in [0.15, 0.2) is 53.3 Å². The normalized spacial score (nSPS) is 10.8. The van der Waals surface area contributed by atoms with Crippen LogP contribution in [0.2, 0.25) is 0 Å². The van der Waals surface area contributed by atoms with Crippen molar-refractivity contribution in [2.75, 3.05) is 11.4 Å². The van der Waals surface area contributed by atoms with Crippen LogP contribution in [0.3, 0.4) is 0 Å². The smallest absolute Gasteiger partial charge is 0.312 e. The number of nitrogens with zero attached hydrogens (tertiary/aromatic N) is 1. The Morgan fingerprint density at radius 3 is 2.50 bits per heavy atom. The Balaban J connectivity index is 1.83. The first-order valence-electron chi connectivity index (χ1n) is 7.23. The van der Waals surface area contributed by atoms with Crippen LogP contribution in [0.4, 0.5) is 5.69 Å². The molecule has 1 aromatic heterocycles. The zero-order valence-electron chi connectivity index (χ0n) is 12.3. The number of aromatic nitrogens is 2. The molecule has 3 rings (SSSR count). The molecule has 5 heteroatoms. The Kier molecular flexibility index (Phi) is 3.78. The largest absolute Gasteiger partial charge is 0.323 e. The molecule has 1 amide bonds. The second-order valence-electron chi connectivity index (χ2n) is 5.11. The number of H-pyrrole nitrogens is 2. The predicted octanol–water partition coefficient (Wildman–Crippen LogP) is 2.45. The molecule has 2 N–H and O–H groups in total. The van der Waals surface area contributed by atoms with Crippen molar-refractivity contribution >= 4 is 22.6 Å². The van der Waals surface area contributed by atoms with Crippen molar-refractivity contribution in [2.45, 2.75) is 13.3 Å². The van der Waals surface area contributed by atoms with Gasteiger partial charge in [-0.3, -0.25) is 4.79 Å². The van der Waals surface area contributed by atoms with Gasteiger partial charge in [0.1, 0.15) is 0 Å². The number of nitrogens with one attached hydrogen (secondary N) is 2. The molecule has 0 saturated heterocycles. The van der Waals surface area contributed by atoms with Gasteiger partial charge in [-0.2, -0.15) is 0 Å². The van der Waals surface area contributed by atoms with Crippen molar-refractivity contribution in [3.8, 4) is 0 Å². The van der Waals surface area contributed by atoms with Gasteiger partial charge < -0.3 is 14.9 Å². The minimum absolute atomic E-state index is 0.0333. The van der Waals surface area contributed by atoms with Gasteiger partial charge in [0.05, 0.1) is 17.5 Å². The van der Waals surface area contributed by atoms with Gasteiger partial charge in [0.15, 0.2) is 0 Å². The molecular weight excluding hydrogens is 278 g/mol. The van der Waals surface area contributed by atoms with Gasteiger partial charge in [0, 0.05) is 12.2 Å². The third kappa shape index (κ3) is 2.79. The number of aromatic amines is 2. The number of carbonyl (C=O) groups excluding carboxylic acids is 1. The van der Waals surface area contributed by atoms with E-state index in [0.717, 1.165) is 22.3 Å². The average Bonchev–Trinajstić information content (AvgIpc) is 2.88. The summed E-state index contributed by atoms with van der Waals surface area (Å²) in [5.74, 6) is 0.0333. The molecule has 0 bridgehead atoms. The summed E-state index contributed by atoms with van der Waals surface area (Å²) in [6, 6.07) is 15.1. The lowest BCUT2D eigenvalue weighted by Crippen LogP contribution is -2.31. The maximum absolute atomic E-state index is 12.5. The summed E-state index contributed by atoms with van der Waals surface area (Å²) >= 11 is 0. The molecule has 0 aliphatic carbocycles. The Morgan fingerprint density at radius 1 is 1.05 bits per heavy atom. The highest BCUT2D eigenvalue weighted by molar-refractivity contribution is 5.95. The van der Waals surface area contributed by atoms with E-state index >= 15 is 0 Å². The van der Waals surface area contributed by atoms with E-state index in [-0.39, 0.29) is 11.6 Å². The van der Waals surface area contributed by atoms with Gasteiger partial charge in [-0.25, -0.2) is 4.79 Å². The van der Waals surface area contributed by atoms with Gasteiger partial charge in [-0.1, -0.05) is 24.3 Å². The molecule has 3 aromatic rings. The molecule has 0 atom stereocenters. The summed E-state index contributed by atoms with van der Waals surface area (Å²) < 4.78 is 0. The Bertz CT molecular complexity index is 849. The zero-order valence-corrected chi connectivity index (χ0v) is 12.3. The number of fused-ring (bicyclic) bond motifs is 1. The van der Waals surface area contributed by atoms with Crippen LogP contribution in [-0.4, -0.2) is 22.4 Å². The maximum atomic E-state index is 12.5. The second kappa shape index (κ2) is 5.89. The minimum atomic E-state index is -0.238. The van der Waals surface area contributed by atoms with Crippen LogP contribution in [0.5, 0.6) is 0 Å². The minimum Gasteiger partial charge on any atom is -0.312 e. The first kappa shape index (κ1) is 14.1. The molecule has 2 aromatic carbocycles. The molecule has 5 nitrogen and oxygen atoms in total. The summed E-state index contributed by atoms with van der Waals surface area (Å²) in [6.07, 6.45) is 0.298. The molecule has 0 aliphatic heterocycles. The molecule has 0 saturated carbocycles.